The van der Waals surface area contributed by atoms with Crippen molar-refractivity contribution >= 4 is 56.5 Å². The Morgan fingerprint density at radius 1 is 1.21 bits per heavy atom. The summed E-state index contributed by atoms with van der Waals surface area (Å²) in [6.45, 7) is 1.94. The van der Waals surface area contributed by atoms with Gasteiger partial charge in [0.25, 0.3) is 0 Å². The molecule has 0 unspecified atom stereocenters. The number of nitrogens with one attached hydrogen (secondary N) is 1. The number of hydrogen-bond donors (Lipinski definition) is 1. The summed E-state index contributed by atoms with van der Waals surface area (Å²) in [7, 11) is 0. The molecule has 2 aromatic heterocycles. The van der Waals surface area contributed by atoms with Crippen LogP contribution in [0.25, 0.3) is 15.3 Å². The minimum atomic E-state index is -0.184. The largest absolute Gasteiger partial charge is 0.310 e. The monoisotopic (exact) mass is 428 g/mol. The molecule has 0 fully saturated rings. The van der Waals surface area contributed by atoms with Crippen molar-refractivity contribution in [2.75, 3.05) is 5.32 Å². The van der Waals surface area contributed by atoms with Crippen LogP contribution in [0, 0.1) is 6.92 Å². The molecule has 0 bridgehead atoms. The number of para-hydroxylation sites is 1. The van der Waals surface area contributed by atoms with E-state index < -0.39 is 0 Å². The second-order valence-corrected chi connectivity index (χ2v) is 8.55. The number of fused-ring (bicyclic) bond motifs is 2. The number of carbonyl (C=O) groups is 1. The van der Waals surface area contributed by atoms with E-state index in [1.807, 2.05) is 37.3 Å². The van der Waals surface area contributed by atoms with E-state index in [9.17, 15) is 4.79 Å². The number of aryl methyl sites for hydroxylation is 1. The van der Waals surface area contributed by atoms with Crippen LogP contribution in [-0.4, -0.2) is 20.7 Å². The molecule has 5 rings (SSSR count). The zero-order chi connectivity index (χ0) is 19.4. The maximum atomic E-state index is 12.5. The Kier molecular flexibility index (Phi) is 4.16. The van der Waals surface area contributed by atoms with E-state index in [1.165, 1.54) is 11.3 Å². The molecule has 140 valence electrons. The fraction of sp³-hybridized carbons (Fsp3) is 0.150. The van der Waals surface area contributed by atoms with Crippen molar-refractivity contribution in [2.45, 2.75) is 19.3 Å². The topological polar surface area (TPSA) is 59.8 Å². The third-order valence-corrected chi connectivity index (χ3v) is 6.48. The standard InChI is InChI=1S/C20H14Cl2N4OS/c1-10-18-13(12-7-6-11(21)8-14(12)22)9-17(27)24-19(18)26(25-10)20-23-15-4-2-3-5-16(15)28-20/h2-8,13H,9H2,1H3,(H,24,27)/t13-/m0/s1. The third kappa shape index (κ3) is 2.80. The van der Waals surface area contributed by atoms with Crippen molar-refractivity contribution in [3.05, 3.63) is 69.3 Å². The van der Waals surface area contributed by atoms with Crippen molar-refractivity contribution in [1.29, 1.82) is 0 Å². The Bertz CT molecular complexity index is 1210. The molecule has 0 saturated heterocycles. The molecule has 1 aliphatic rings. The number of nitrogens with zero attached hydrogens (tertiary/aromatic N) is 3. The Labute approximate surface area is 174 Å². The minimum Gasteiger partial charge on any atom is -0.310 e. The predicted octanol–water partition coefficient (Wildman–Crippen LogP) is 5.57. The summed E-state index contributed by atoms with van der Waals surface area (Å²) < 4.78 is 2.79. The highest BCUT2D eigenvalue weighted by Gasteiger charge is 2.34. The van der Waals surface area contributed by atoms with E-state index in [0.29, 0.717) is 27.4 Å². The van der Waals surface area contributed by atoms with E-state index >= 15 is 0 Å². The van der Waals surface area contributed by atoms with Gasteiger partial charge in [0.1, 0.15) is 5.82 Å². The van der Waals surface area contributed by atoms with Crippen molar-refractivity contribution in [1.82, 2.24) is 14.8 Å². The number of benzene rings is 2. The number of halogens is 2. The van der Waals surface area contributed by atoms with Crippen molar-refractivity contribution in [3.8, 4) is 5.13 Å². The molecule has 8 heteroatoms. The zero-order valence-corrected chi connectivity index (χ0v) is 17.1. The first-order valence-corrected chi connectivity index (χ1v) is 10.3. The number of hydrogen-bond acceptors (Lipinski definition) is 4. The maximum absolute atomic E-state index is 12.5. The van der Waals surface area contributed by atoms with Crippen LogP contribution in [0.5, 0.6) is 0 Å². The fourth-order valence-electron chi connectivity index (χ4n) is 3.69. The lowest BCUT2D eigenvalue weighted by Gasteiger charge is -2.24. The van der Waals surface area contributed by atoms with Crippen LogP contribution in [0.15, 0.2) is 42.5 Å². The van der Waals surface area contributed by atoms with Crippen molar-refractivity contribution < 1.29 is 4.79 Å². The molecular weight excluding hydrogens is 415 g/mol. The average molecular weight is 429 g/mol. The molecule has 1 N–H and O–H groups in total. The SMILES string of the molecule is Cc1nn(-c2nc3ccccc3s2)c2c1[C@H](c1ccc(Cl)cc1Cl)CC(=O)N2. The van der Waals surface area contributed by atoms with Crippen LogP contribution in [0.4, 0.5) is 5.82 Å². The van der Waals surface area contributed by atoms with E-state index in [0.717, 1.165) is 27.0 Å². The molecule has 1 atom stereocenters. The van der Waals surface area contributed by atoms with E-state index in [1.54, 1.807) is 16.8 Å². The molecule has 1 aliphatic heterocycles. The smallest absolute Gasteiger partial charge is 0.226 e. The first kappa shape index (κ1) is 17.7. The second kappa shape index (κ2) is 6.58. The van der Waals surface area contributed by atoms with Gasteiger partial charge in [-0.1, -0.05) is 52.7 Å². The highest BCUT2D eigenvalue weighted by Crippen LogP contribution is 2.43. The van der Waals surface area contributed by atoms with Crippen molar-refractivity contribution in [3.63, 3.8) is 0 Å². The molecule has 0 spiro atoms. The van der Waals surface area contributed by atoms with Gasteiger partial charge in [0.2, 0.25) is 11.0 Å². The van der Waals surface area contributed by atoms with Crippen LogP contribution in [0.1, 0.15) is 29.2 Å². The first-order valence-electron chi connectivity index (χ1n) is 8.71. The minimum absolute atomic E-state index is 0.0780. The molecule has 4 aromatic rings. The van der Waals surface area contributed by atoms with Gasteiger partial charge in [-0.15, -0.1) is 0 Å². The van der Waals surface area contributed by atoms with Gasteiger partial charge in [-0.3, -0.25) is 4.79 Å². The van der Waals surface area contributed by atoms with E-state index in [4.69, 9.17) is 28.3 Å². The predicted molar refractivity (Wildman–Crippen MR) is 113 cm³/mol. The van der Waals surface area contributed by atoms with Gasteiger partial charge in [0.15, 0.2) is 0 Å². The number of thiazole rings is 1. The molecule has 1 amide bonds. The van der Waals surface area contributed by atoms with Gasteiger partial charge in [-0.25, -0.2) is 4.98 Å². The maximum Gasteiger partial charge on any atom is 0.226 e. The summed E-state index contributed by atoms with van der Waals surface area (Å²) in [4.78, 5) is 17.2. The van der Waals surface area contributed by atoms with Gasteiger partial charge in [0.05, 0.1) is 15.9 Å². The first-order chi connectivity index (χ1) is 13.5. The molecule has 5 nitrogen and oxygen atoms in total. The van der Waals surface area contributed by atoms with Gasteiger partial charge in [0, 0.05) is 27.9 Å². The summed E-state index contributed by atoms with van der Waals surface area (Å²) in [5, 5.41) is 9.51. The molecule has 0 aliphatic carbocycles. The van der Waals surface area contributed by atoms with E-state index in [-0.39, 0.29) is 11.8 Å². The second-order valence-electron chi connectivity index (χ2n) is 6.69. The molecule has 3 heterocycles. The van der Waals surface area contributed by atoms with Crippen LogP contribution < -0.4 is 5.32 Å². The normalized spacial score (nSPS) is 16.2. The van der Waals surface area contributed by atoms with Gasteiger partial charge in [-0.2, -0.15) is 9.78 Å². The third-order valence-electron chi connectivity index (χ3n) is 4.90. The molecular formula is C20H14Cl2N4OS. The Morgan fingerprint density at radius 2 is 2.04 bits per heavy atom. The number of rotatable bonds is 2. The van der Waals surface area contributed by atoms with Crippen LogP contribution in [0.2, 0.25) is 10.0 Å². The van der Waals surface area contributed by atoms with Crippen molar-refractivity contribution in [2.24, 2.45) is 0 Å². The summed E-state index contributed by atoms with van der Waals surface area (Å²) in [5.41, 5.74) is 3.58. The molecule has 0 radical (unpaired) electrons. The Hall–Kier alpha value is -2.41. The lowest BCUT2D eigenvalue weighted by molar-refractivity contribution is -0.116. The highest BCUT2D eigenvalue weighted by molar-refractivity contribution is 7.20. The molecule has 0 saturated carbocycles. The van der Waals surface area contributed by atoms with Crippen LogP contribution >= 0.6 is 34.5 Å². The Balaban J connectivity index is 1.69. The number of aromatic nitrogens is 3. The van der Waals surface area contributed by atoms with Gasteiger partial charge >= 0.3 is 0 Å². The zero-order valence-electron chi connectivity index (χ0n) is 14.7. The highest BCUT2D eigenvalue weighted by atomic mass is 35.5. The number of anilines is 1. The summed E-state index contributed by atoms with van der Waals surface area (Å²) in [6.07, 6.45) is 0.306. The van der Waals surface area contributed by atoms with Gasteiger partial charge in [-0.05, 0) is 36.8 Å². The number of carbonyl (C=O) groups excluding carboxylic acids is 1. The molecule has 28 heavy (non-hydrogen) atoms. The fourth-order valence-corrected chi connectivity index (χ4v) is 5.15. The lowest BCUT2D eigenvalue weighted by atomic mass is 9.86. The summed E-state index contributed by atoms with van der Waals surface area (Å²) >= 11 is 14.0. The summed E-state index contributed by atoms with van der Waals surface area (Å²) in [6, 6.07) is 13.3. The average Bonchev–Trinajstić information content (AvgIpc) is 3.22. The van der Waals surface area contributed by atoms with Crippen LogP contribution in [0.3, 0.4) is 0 Å². The Morgan fingerprint density at radius 3 is 2.82 bits per heavy atom. The number of amides is 1. The summed E-state index contributed by atoms with van der Waals surface area (Å²) in [5.74, 6) is 0.395. The quantitative estimate of drug-likeness (QED) is 0.453. The van der Waals surface area contributed by atoms with Gasteiger partial charge < -0.3 is 5.32 Å². The van der Waals surface area contributed by atoms with Crippen LogP contribution in [-0.2, 0) is 4.79 Å². The molecule has 2 aromatic carbocycles. The van der Waals surface area contributed by atoms with E-state index in [2.05, 4.69) is 10.3 Å². The lowest BCUT2D eigenvalue weighted by Crippen LogP contribution is -2.25.